The van der Waals surface area contributed by atoms with Crippen LogP contribution in [0.1, 0.15) is 11.1 Å². The molecule has 0 bridgehead atoms. The van der Waals surface area contributed by atoms with E-state index in [-0.39, 0.29) is 0 Å². The molecule has 3 N–H and O–H groups in total. The van der Waals surface area contributed by atoms with Gasteiger partial charge in [0.25, 0.3) is 0 Å². The summed E-state index contributed by atoms with van der Waals surface area (Å²) in [6.07, 6.45) is 10.1. The van der Waals surface area contributed by atoms with E-state index in [1.807, 2.05) is 48.2 Å². The molecule has 3 rings (SSSR count). The van der Waals surface area contributed by atoms with Crippen molar-refractivity contribution in [1.29, 1.82) is 5.41 Å². The monoisotopic (exact) mass is 277 g/mol. The number of fused-ring (bicyclic) bond motifs is 1. The summed E-state index contributed by atoms with van der Waals surface area (Å²) in [5.41, 5.74) is 11.0. The molecule has 5 heteroatoms. The van der Waals surface area contributed by atoms with Crippen molar-refractivity contribution in [3.05, 3.63) is 60.3 Å². The molecule has 3 aromatic heterocycles. The number of hydrogen-bond acceptors (Lipinski definition) is 4. The summed E-state index contributed by atoms with van der Waals surface area (Å²) in [6, 6.07) is 5.91. The first-order chi connectivity index (χ1) is 10.2. The molecule has 3 aromatic rings. The minimum atomic E-state index is 0.666. The Kier molecular flexibility index (Phi) is 3.23. The van der Waals surface area contributed by atoms with Gasteiger partial charge in [0.1, 0.15) is 5.65 Å². The van der Waals surface area contributed by atoms with Gasteiger partial charge in [0.05, 0.1) is 11.9 Å². The van der Waals surface area contributed by atoms with Crippen LogP contribution in [0.15, 0.2) is 49.2 Å². The van der Waals surface area contributed by atoms with Crippen LogP contribution in [0, 0.1) is 12.3 Å². The molecule has 0 radical (unpaired) electrons. The number of hydrogen-bond donors (Lipinski definition) is 2. The molecule has 104 valence electrons. The number of allylic oxidation sites excluding steroid dienone is 1. The van der Waals surface area contributed by atoms with Crippen molar-refractivity contribution in [3.63, 3.8) is 0 Å². The van der Waals surface area contributed by atoms with Gasteiger partial charge in [-0.3, -0.25) is 9.38 Å². The highest BCUT2D eigenvalue weighted by Crippen LogP contribution is 2.22. The van der Waals surface area contributed by atoms with Crippen molar-refractivity contribution in [3.8, 4) is 11.3 Å². The second kappa shape index (κ2) is 5.20. The van der Waals surface area contributed by atoms with E-state index in [1.54, 1.807) is 0 Å². The van der Waals surface area contributed by atoms with E-state index in [0.29, 0.717) is 5.57 Å². The molecule has 0 atom stereocenters. The third-order valence-electron chi connectivity index (χ3n) is 3.35. The fourth-order valence-electron chi connectivity index (χ4n) is 2.30. The molecule has 0 saturated carbocycles. The lowest BCUT2D eigenvalue weighted by Crippen LogP contribution is -1.94. The Morgan fingerprint density at radius 1 is 1.29 bits per heavy atom. The molecule has 0 unspecified atom stereocenters. The summed E-state index contributed by atoms with van der Waals surface area (Å²) in [4.78, 5) is 8.65. The van der Waals surface area contributed by atoms with Crippen molar-refractivity contribution in [1.82, 2.24) is 14.4 Å². The zero-order valence-corrected chi connectivity index (χ0v) is 11.6. The van der Waals surface area contributed by atoms with Crippen LogP contribution in [0.25, 0.3) is 22.5 Å². The maximum absolute atomic E-state index is 7.36. The minimum absolute atomic E-state index is 0.666. The van der Waals surface area contributed by atoms with Crippen LogP contribution in [0.3, 0.4) is 0 Å². The lowest BCUT2D eigenvalue weighted by atomic mass is 10.1. The lowest BCUT2D eigenvalue weighted by molar-refractivity contribution is 1.17. The van der Waals surface area contributed by atoms with Crippen molar-refractivity contribution < 1.29 is 0 Å². The topological polar surface area (TPSA) is 80.1 Å². The first-order valence-electron chi connectivity index (χ1n) is 6.55. The van der Waals surface area contributed by atoms with Crippen LogP contribution in [0.5, 0.6) is 0 Å². The summed E-state index contributed by atoms with van der Waals surface area (Å²) in [6.45, 7) is 2.01. The number of rotatable bonds is 3. The van der Waals surface area contributed by atoms with E-state index >= 15 is 0 Å². The van der Waals surface area contributed by atoms with E-state index < -0.39 is 0 Å². The molecular formula is C16H15N5. The van der Waals surface area contributed by atoms with E-state index in [9.17, 15) is 0 Å². The van der Waals surface area contributed by atoms with E-state index in [2.05, 4.69) is 16.0 Å². The summed E-state index contributed by atoms with van der Waals surface area (Å²) < 4.78 is 2.00. The smallest absolute Gasteiger partial charge is 0.137 e. The standard InChI is InChI=1S/C16H15N5/c1-11-4-13(9-19-8-11)15-10-20-16-5-12(2-3-21(15)16)14(6-17)7-18/h2-10,17H,18H2,1H3/b14-7+,17-6?. The van der Waals surface area contributed by atoms with Gasteiger partial charge in [-0.05, 0) is 36.2 Å². The molecule has 0 spiro atoms. The van der Waals surface area contributed by atoms with Crippen LogP contribution < -0.4 is 5.73 Å². The van der Waals surface area contributed by atoms with Gasteiger partial charge in [-0.2, -0.15) is 0 Å². The Labute approximate surface area is 122 Å². The molecule has 0 fully saturated rings. The van der Waals surface area contributed by atoms with E-state index in [0.717, 1.165) is 28.0 Å². The molecule has 0 aromatic carbocycles. The fourth-order valence-corrected chi connectivity index (χ4v) is 2.30. The van der Waals surface area contributed by atoms with Crippen molar-refractivity contribution in [2.24, 2.45) is 5.73 Å². The maximum atomic E-state index is 7.36. The van der Waals surface area contributed by atoms with Gasteiger partial charge in [-0.25, -0.2) is 4.98 Å². The molecule has 0 aliphatic carbocycles. The Hall–Kier alpha value is -2.95. The summed E-state index contributed by atoms with van der Waals surface area (Å²) in [7, 11) is 0. The number of nitrogens with two attached hydrogens (primary N) is 1. The van der Waals surface area contributed by atoms with E-state index in [1.165, 1.54) is 12.4 Å². The molecule has 0 aliphatic rings. The SMILES string of the molecule is Cc1cncc(-c2cnc3cc(/C(C=N)=C/N)ccn23)c1. The highest BCUT2D eigenvalue weighted by Gasteiger charge is 2.08. The number of aryl methyl sites for hydroxylation is 1. The fraction of sp³-hybridized carbons (Fsp3) is 0.0625. The van der Waals surface area contributed by atoms with Crippen LogP contribution >= 0.6 is 0 Å². The molecule has 21 heavy (non-hydrogen) atoms. The van der Waals surface area contributed by atoms with Gasteiger partial charge < -0.3 is 11.1 Å². The summed E-state index contributed by atoms with van der Waals surface area (Å²) in [5.74, 6) is 0. The summed E-state index contributed by atoms with van der Waals surface area (Å²) >= 11 is 0. The summed E-state index contributed by atoms with van der Waals surface area (Å²) in [5, 5.41) is 7.36. The van der Waals surface area contributed by atoms with Crippen LogP contribution in [-0.4, -0.2) is 20.6 Å². The van der Waals surface area contributed by atoms with Gasteiger partial charge in [0, 0.05) is 42.1 Å². The number of pyridine rings is 2. The Morgan fingerprint density at radius 3 is 2.86 bits per heavy atom. The van der Waals surface area contributed by atoms with Crippen molar-refractivity contribution in [2.45, 2.75) is 6.92 Å². The second-order valence-electron chi connectivity index (χ2n) is 4.80. The van der Waals surface area contributed by atoms with Crippen LogP contribution in [0.4, 0.5) is 0 Å². The van der Waals surface area contributed by atoms with Gasteiger partial charge in [-0.15, -0.1) is 0 Å². The zero-order chi connectivity index (χ0) is 14.8. The molecule has 0 aliphatic heterocycles. The molecule has 0 amide bonds. The number of nitrogens with zero attached hydrogens (tertiary/aromatic N) is 3. The minimum Gasteiger partial charge on any atom is -0.404 e. The first kappa shape index (κ1) is 13.1. The van der Waals surface area contributed by atoms with Gasteiger partial charge in [0.15, 0.2) is 0 Å². The average molecular weight is 277 g/mol. The Bertz CT molecular complexity index is 845. The Balaban J connectivity index is 2.14. The molecule has 5 nitrogen and oxygen atoms in total. The van der Waals surface area contributed by atoms with Crippen LogP contribution in [0.2, 0.25) is 0 Å². The predicted octanol–water partition coefficient (Wildman–Crippen LogP) is 2.65. The highest BCUT2D eigenvalue weighted by atomic mass is 15.0. The van der Waals surface area contributed by atoms with E-state index in [4.69, 9.17) is 11.1 Å². The second-order valence-corrected chi connectivity index (χ2v) is 4.80. The number of imidazole rings is 1. The predicted molar refractivity (Wildman–Crippen MR) is 84.1 cm³/mol. The number of nitrogens with one attached hydrogen (secondary N) is 1. The Morgan fingerprint density at radius 2 is 2.14 bits per heavy atom. The quantitative estimate of drug-likeness (QED) is 0.722. The third-order valence-corrected chi connectivity index (χ3v) is 3.35. The maximum Gasteiger partial charge on any atom is 0.137 e. The highest BCUT2D eigenvalue weighted by molar-refractivity contribution is 6.08. The van der Waals surface area contributed by atoms with Crippen molar-refractivity contribution in [2.75, 3.05) is 0 Å². The normalized spacial score (nSPS) is 11.8. The third kappa shape index (κ3) is 2.29. The van der Waals surface area contributed by atoms with Crippen molar-refractivity contribution >= 4 is 17.4 Å². The lowest BCUT2D eigenvalue weighted by Gasteiger charge is -2.05. The van der Waals surface area contributed by atoms with Gasteiger partial charge >= 0.3 is 0 Å². The molecular weight excluding hydrogens is 262 g/mol. The molecule has 0 saturated heterocycles. The average Bonchev–Trinajstić information content (AvgIpc) is 2.92. The van der Waals surface area contributed by atoms with Gasteiger partial charge in [-0.1, -0.05) is 0 Å². The van der Waals surface area contributed by atoms with Gasteiger partial charge in [0.2, 0.25) is 0 Å². The molecule has 3 heterocycles. The zero-order valence-electron chi connectivity index (χ0n) is 11.6. The number of aromatic nitrogens is 3. The first-order valence-corrected chi connectivity index (χ1v) is 6.55. The largest absolute Gasteiger partial charge is 0.404 e. The van der Waals surface area contributed by atoms with Crippen LogP contribution in [-0.2, 0) is 0 Å².